The minimum atomic E-state index is 0.321. The summed E-state index contributed by atoms with van der Waals surface area (Å²) >= 11 is 1.60. The molecule has 0 unspecified atom stereocenters. The lowest BCUT2D eigenvalue weighted by atomic mass is 10.2. The molecule has 3 aromatic heterocycles. The fraction of sp³-hybridized carbons (Fsp3) is 0.286. The molecule has 3 rings (SSSR count). The minimum absolute atomic E-state index is 0.321. The first-order chi connectivity index (χ1) is 9.08. The van der Waals surface area contributed by atoms with Crippen LogP contribution in [0, 0.1) is 6.92 Å². The average molecular weight is 272 g/mol. The minimum Gasteiger partial charge on any atom is -0.390 e. The summed E-state index contributed by atoms with van der Waals surface area (Å²) in [7, 11) is 0. The SMILES string of the molecule is Cc1cc(-c2nc3cnccc3n2C(C)C)c(N)s1. The van der Waals surface area contributed by atoms with Gasteiger partial charge in [-0.15, -0.1) is 11.3 Å². The first-order valence-electron chi connectivity index (χ1n) is 6.26. The van der Waals surface area contributed by atoms with E-state index in [0.717, 1.165) is 27.4 Å². The highest BCUT2D eigenvalue weighted by atomic mass is 32.1. The molecule has 0 aromatic carbocycles. The van der Waals surface area contributed by atoms with E-state index in [1.807, 2.05) is 6.07 Å². The van der Waals surface area contributed by atoms with Gasteiger partial charge in [-0.25, -0.2) is 4.98 Å². The van der Waals surface area contributed by atoms with Crippen molar-refractivity contribution in [2.45, 2.75) is 26.8 Å². The van der Waals surface area contributed by atoms with Gasteiger partial charge in [0.2, 0.25) is 0 Å². The van der Waals surface area contributed by atoms with Gasteiger partial charge in [0.25, 0.3) is 0 Å². The van der Waals surface area contributed by atoms with Crippen molar-refractivity contribution in [1.82, 2.24) is 14.5 Å². The Morgan fingerprint density at radius 2 is 2.16 bits per heavy atom. The quantitative estimate of drug-likeness (QED) is 0.775. The third kappa shape index (κ3) is 1.90. The van der Waals surface area contributed by atoms with E-state index < -0.39 is 0 Å². The van der Waals surface area contributed by atoms with E-state index in [-0.39, 0.29) is 0 Å². The number of anilines is 1. The molecule has 4 nitrogen and oxygen atoms in total. The van der Waals surface area contributed by atoms with Gasteiger partial charge in [0.15, 0.2) is 0 Å². The number of hydrogen-bond donors (Lipinski definition) is 1. The largest absolute Gasteiger partial charge is 0.390 e. The Labute approximate surface area is 115 Å². The number of nitrogens with zero attached hydrogens (tertiary/aromatic N) is 3. The Kier molecular flexibility index (Phi) is 2.78. The molecule has 0 aliphatic carbocycles. The average Bonchev–Trinajstić information content (AvgIpc) is 2.88. The predicted molar refractivity (Wildman–Crippen MR) is 80.4 cm³/mol. The maximum Gasteiger partial charge on any atom is 0.144 e. The Morgan fingerprint density at radius 3 is 2.79 bits per heavy atom. The molecule has 0 aliphatic heterocycles. The molecule has 0 atom stereocenters. The van der Waals surface area contributed by atoms with Crippen LogP contribution in [0.25, 0.3) is 22.4 Å². The van der Waals surface area contributed by atoms with E-state index in [2.05, 4.69) is 36.4 Å². The summed E-state index contributed by atoms with van der Waals surface area (Å²) in [4.78, 5) is 10.1. The molecule has 0 bridgehead atoms. The van der Waals surface area contributed by atoms with E-state index in [4.69, 9.17) is 10.7 Å². The van der Waals surface area contributed by atoms with Crippen molar-refractivity contribution in [2.24, 2.45) is 0 Å². The van der Waals surface area contributed by atoms with Gasteiger partial charge in [-0.1, -0.05) is 0 Å². The molecule has 0 saturated heterocycles. The van der Waals surface area contributed by atoms with E-state index in [1.165, 1.54) is 4.88 Å². The Bertz CT molecular complexity index is 739. The van der Waals surface area contributed by atoms with Crippen molar-refractivity contribution in [3.63, 3.8) is 0 Å². The van der Waals surface area contributed by atoms with Crippen molar-refractivity contribution in [3.8, 4) is 11.4 Å². The number of imidazole rings is 1. The second kappa shape index (κ2) is 4.35. The molecule has 3 heterocycles. The Balaban J connectivity index is 2.34. The lowest BCUT2D eigenvalue weighted by molar-refractivity contribution is 0.624. The summed E-state index contributed by atoms with van der Waals surface area (Å²) in [6.45, 7) is 6.37. The van der Waals surface area contributed by atoms with Gasteiger partial charge < -0.3 is 10.3 Å². The zero-order chi connectivity index (χ0) is 13.6. The summed E-state index contributed by atoms with van der Waals surface area (Å²) in [5, 5.41) is 0.822. The molecular weight excluding hydrogens is 256 g/mol. The lowest BCUT2D eigenvalue weighted by Gasteiger charge is -2.12. The molecule has 3 aromatic rings. The molecule has 0 fully saturated rings. The number of thiophene rings is 1. The zero-order valence-corrected chi connectivity index (χ0v) is 12.0. The number of rotatable bonds is 2. The second-order valence-corrected chi connectivity index (χ2v) is 6.19. The highest BCUT2D eigenvalue weighted by Crippen LogP contribution is 2.36. The zero-order valence-electron chi connectivity index (χ0n) is 11.2. The van der Waals surface area contributed by atoms with Crippen LogP contribution in [-0.4, -0.2) is 14.5 Å². The monoisotopic (exact) mass is 272 g/mol. The highest BCUT2D eigenvalue weighted by molar-refractivity contribution is 7.16. The van der Waals surface area contributed by atoms with Gasteiger partial charge in [-0.3, -0.25) is 4.98 Å². The van der Waals surface area contributed by atoms with Crippen LogP contribution < -0.4 is 5.73 Å². The van der Waals surface area contributed by atoms with Crippen LogP contribution >= 0.6 is 11.3 Å². The highest BCUT2D eigenvalue weighted by Gasteiger charge is 2.18. The van der Waals surface area contributed by atoms with Crippen molar-refractivity contribution in [3.05, 3.63) is 29.4 Å². The standard InChI is InChI=1S/C14H16N4S/c1-8(2)18-12-4-5-16-7-11(12)17-14(18)10-6-9(3)19-13(10)15/h4-8H,15H2,1-3H3. The normalized spacial score (nSPS) is 11.6. The summed E-state index contributed by atoms with van der Waals surface area (Å²) in [5.41, 5.74) is 9.15. The number of aromatic nitrogens is 3. The maximum absolute atomic E-state index is 6.11. The third-order valence-electron chi connectivity index (χ3n) is 3.13. The van der Waals surface area contributed by atoms with E-state index >= 15 is 0 Å². The topological polar surface area (TPSA) is 56.7 Å². The van der Waals surface area contributed by atoms with Crippen LogP contribution in [0.2, 0.25) is 0 Å². The Hall–Kier alpha value is -1.88. The van der Waals surface area contributed by atoms with Crippen molar-refractivity contribution < 1.29 is 0 Å². The molecular formula is C14H16N4S. The van der Waals surface area contributed by atoms with Crippen LogP contribution in [0.15, 0.2) is 24.5 Å². The van der Waals surface area contributed by atoms with E-state index in [9.17, 15) is 0 Å². The van der Waals surface area contributed by atoms with E-state index in [0.29, 0.717) is 6.04 Å². The molecule has 0 amide bonds. The molecule has 0 spiro atoms. The Morgan fingerprint density at radius 1 is 1.37 bits per heavy atom. The van der Waals surface area contributed by atoms with Gasteiger partial charge in [0, 0.05) is 17.1 Å². The van der Waals surface area contributed by atoms with Crippen LogP contribution in [0.4, 0.5) is 5.00 Å². The second-order valence-electron chi connectivity index (χ2n) is 4.90. The van der Waals surface area contributed by atoms with Crippen molar-refractivity contribution in [2.75, 3.05) is 5.73 Å². The van der Waals surface area contributed by atoms with Gasteiger partial charge in [0.05, 0.1) is 22.3 Å². The third-order valence-corrected chi connectivity index (χ3v) is 4.01. The molecule has 0 radical (unpaired) electrons. The number of hydrogen-bond acceptors (Lipinski definition) is 4. The number of nitrogens with two attached hydrogens (primary N) is 1. The fourth-order valence-corrected chi connectivity index (χ4v) is 3.15. The number of fused-ring (bicyclic) bond motifs is 1. The summed E-state index contributed by atoms with van der Waals surface area (Å²) in [6, 6.07) is 4.43. The summed E-state index contributed by atoms with van der Waals surface area (Å²) in [5.74, 6) is 0.930. The number of pyridine rings is 1. The maximum atomic E-state index is 6.11. The fourth-order valence-electron chi connectivity index (χ4n) is 2.37. The molecule has 0 saturated carbocycles. The van der Waals surface area contributed by atoms with Gasteiger partial charge >= 0.3 is 0 Å². The summed E-state index contributed by atoms with van der Waals surface area (Å²) < 4.78 is 2.22. The first kappa shape index (κ1) is 12.2. The lowest BCUT2D eigenvalue weighted by Crippen LogP contribution is -2.03. The van der Waals surface area contributed by atoms with Gasteiger partial charge in [0.1, 0.15) is 11.3 Å². The molecule has 5 heteroatoms. The smallest absolute Gasteiger partial charge is 0.144 e. The molecule has 98 valence electrons. The van der Waals surface area contributed by atoms with Crippen molar-refractivity contribution >= 4 is 27.4 Å². The van der Waals surface area contributed by atoms with Crippen LogP contribution in [0.5, 0.6) is 0 Å². The number of nitrogen functional groups attached to an aromatic ring is 1. The molecule has 19 heavy (non-hydrogen) atoms. The first-order valence-corrected chi connectivity index (χ1v) is 7.08. The summed E-state index contributed by atoms with van der Waals surface area (Å²) in [6.07, 6.45) is 3.60. The van der Waals surface area contributed by atoms with Crippen LogP contribution in [0.1, 0.15) is 24.8 Å². The predicted octanol–water partition coefficient (Wildman–Crippen LogP) is 3.63. The number of aryl methyl sites for hydroxylation is 1. The van der Waals surface area contributed by atoms with Crippen LogP contribution in [-0.2, 0) is 0 Å². The molecule has 2 N–H and O–H groups in total. The molecule has 0 aliphatic rings. The van der Waals surface area contributed by atoms with Crippen LogP contribution in [0.3, 0.4) is 0 Å². The van der Waals surface area contributed by atoms with E-state index in [1.54, 1.807) is 23.7 Å². The van der Waals surface area contributed by atoms with Gasteiger partial charge in [-0.05, 0) is 32.9 Å². The van der Waals surface area contributed by atoms with Crippen molar-refractivity contribution in [1.29, 1.82) is 0 Å². The van der Waals surface area contributed by atoms with Gasteiger partial charge in [-0.2, -0.15) is 0 Å².